The van der Waals surface area contributed by atoms with Gasteiger partial charge in [-0.05, 0) is 32.1 Å². The molecule has 0 aliphatic heterocycles. The summed E-state index contributed by atoms with van der Waals surface area (Å²) in [5, 5.41) is 13.9. The summed E-state index contributed by atoms with van der Waals surface area (Å²) in [6.45, 7) is 4.40. The number of aliphatic hydroxyl groups is 1. The largest absolute Gasteiger partial charge is 0.393 e. The number of amides is 1. The molecule has 4 heteroatoms. The van der Waals surface area contributed by atoms with Gasteiger partial charge in [-0.2, -0.15) is 5.10 Å². The highest BCUT2D eigenvalue weighted by atomic mass is 16.3. The maximum Gasteiger partial charge on any atom is 0.240 e. The van der Waals surface area contributed by atoms with Crippen molar-refractivity contribution in [2.75, 3.05) is 0 Å². The van der Waals surface area contributed by atoms with E-state index in [0.717, 1.165) is 44.9 Å². The second-order valence-electron chi connectivity index (χ2n) is 8.21. The van der Waals surface area contributed by atoms with Crippen molar-refractivity contribution in [3.05, 3.63) is 0 Å². The Morgan fingerprint density at radius 2 is 1.29 bits per heavy atom. The minimum absolute atomic E-state index is 0.0417. The lowest BCUT2D eigenvalue weighted by Crippen LogP contribution is -2.16. The van der Waals surface area contributed by atoms with E-state index < -0.39 is 0 Å². The minimum atomic E-state index is -0.0799. The molecule has 0 saturated carbocycles. The Kier molecular flexibility index (Phi) is 21.7. The maximum atomic E-state index is 11.6. The minimum Gasteiger partial charge on any atom is -0.393 e. The van der Waals surface area contributed by atoms with E-state index in [2.05, 4.69) is 24.4 Å². The predicted octanol–water partition coefficient (Wildman–Crippen LogP) is 6.90. The van der Waals surface area contributed by atoms with E-state index in [4.69, 9.17) is 0 Å². The van der Waals surface area contributed by atoms with Crippen molar-refractivity contribution in [2.24, 2.45) is 5.10 Å². The van der Waals surface area contributed by atoms with Crippen LogP contribution in [0.3, 0.4) is 0 Å². The first-order chi connectivity index (χ1) is 13.7. The van der Waals surface area contributed by atoms with Crippen LogP contribution in [-0.4, -0.2) is 23.3 Å². The zero-order chi connectivity index (χ0) is 20.7. The SMILES string of the molecule is CCCCCC=NNC(=O)CCCCCCCCCCC(O)CCCCCC. The highest BCUT2D eigenvalue weighted by Crippen LogP contribution is 2.14. The number of nitrogens with zero attached hydrogens (tertiary/aromatic N) is 1. The van der Waals surface area contributed by atoms with Crippen LogP contribution in [0.2, 0.25) is 0 Å². The molecule has 0 aromatic carbocycles. The lowest BCUT2D eigenvalue weighted by Gasteiger charge is -2.10. The molecule has 0 fully saturated rings. The first kappa shape index (κ1) is 27.1. The Morgan fingerprint density at radius 1 is 0.786 bits per heavy atom. The second-order valence-corrected chi connectivity index (χ2v) is 8.21. The van der Waals surface area contributed by atoms with E-state index in [0.29, 0.717) is 6.42 Å². The first-order valence-corrected chi connectivity index (χ1v) is 12.2. The number of aliphatic hydroxyl groups excluding tert-OH is 1. The number of hydrazone groups is 1. The smallest absolute Gasteiger partial charge is 0.240 e. The van der Waals surface area contributed by atoms with Crippen LogP contribution in [0, 0.1) is 0 Å². The average Bonchev–Trinajstić information content (AvgIpc) is 2.69. The summed E-state index contributed by atoms with van der Waals surface area (Å²) in [7, 11) is 0. The van der Waals surface area contributed by atoms with Gasteiger partial charge in [0.1, 0.15) is 0 Å². The quantitative estimate of drug-likeness (QED) is 0.126. The number of unbranched alkanes of at least 4 members (excludes halogenated alkanes) is 13. The van der Waals surface area contributed by atoms with Gasteiger partial charge in [0, 0.05) is 12.6 Å². The summed E-state index contributed by atoms with van der Waals surface area (Å²) >= 11 is 0. The highest BCUT2D eigenvalue weighted by molar-refractivity contribution is 5.76. The van der Waals surface area contributed by atoms with Gasteiger partial charge in [-0.25, -0.2) is 5.43 Å². The summed E-state index contributed by atoms with van der Waals surface area (Å²) in [6.07, 6.45) is 23.3. The van der Waals surface area contributed by atoms with E-state index in [-0.39, 0.29) is 12.0 Å². The zero-order valence-electron chi connectivity index (χ0n) is 18.9. The molecule has 0 aromatic heterocycles. The standard InChI is InChI=1S/C24H48N2O2/c1-3-5-7-15-19-23(27)20-16-13-11-9-10-12-14-17-21-24(28)26-25-22-18-8-6-4-2/h22-23,27H,3-21H2,1-2H3,(H,26,28). The summed E-state index contributed by atoms with van der Waals surface area (Å²) in [6, 6.07) is 0. The van der Waals surface area contributed by atoms with E-state index in [1.165, 1.54) is 70.6 Å². The zero-order valence-corrected chi connectivity index (χ0v) is 18.9. The van der Waals surface area contributed by atoms with Gasteiger partial charge in [0.15, 0.2) is 0 Å². The molecule has 0 bridgehead atoms. The Balaban J connectivity index is 3.27. The van der Waals surface area contributed by atoms with Gasteiger partial charge in [0.25, 0.3) is 0 Å². The molecule has 0 radical (unpaired) electrons. The summed E-state index contributed by atoms with van der Waals surface area (Å²) < 4.78 is 0. The summed E-state index contributed by atoms with van der Waals surface area (Å²) in [5.74, 6) is 0.0417. The molecule has 28 heavy (non-hydrogen) atoms. The van der Waals surface area contributed by atoms with Crippen molar-refractivity contribution < 1.29 is 9.90 Å². The number of nitrogens with one attached hydrogen (secondary N) is 1. The van der Waals surface area contributed by atoms with Gasteiger partial charge in [-0.15, -0.1) is 0 Å². The van der Waals surface area contributed by atoms with Gasteiger partial charge in [0.05, 0.1) is 6.10 Å². The fourth-order valence-electron chi connectivity index (χ4n) is 3.40. The fraction of sp³-hybridized carbons (Fsp3) is 0.917. The van der Waals surface area contributed by atoms with Crippen molar-refractivity contribution in [2.45, 2.75) is 142 Å². The molecular weight excluding hydrogens is 348 g/mol. The van der Waals surface area contributed by atoms with Crippen LogP contribution < -0.4 is 5.43 Å². The third-order valence-electron chi connectivity index (χ3n) is 5.30. The lowest BCUT2D eigenvalue weighted by molar-refractivity contribution is -0.121. The second kappa shape index (κ2) is 22.4. The predicted molar refractivity (Wildman–Crippen MR) is 122 cm³/mol. The monoisotopic (exact) mass is 396 g/mol. The van der Waals surface area contributed by atoms with Crippen molar-refractivity contribution in [1.29, 1.82) is 0 Å². The van der Waals surface area contributed by atoms with Crippen LogP contribution in [0.1, 0.15) is 136 Å². The molecule has 0 aliphatic rings. The molecular formula is C24H48N2O2. The molecule has 166 valence electrons. The van der Waals surface area contributed by atoms with E-state index in [1.807, 2.05) is 6.21 Å². The Hall–Kier alpha value is -0.900. The number of hydrogen-bond acceptors (Lipinski definition) is 3. The number of rotatable bonds is 21. The van der Waals surface area contributed by atoms with Crippen molar-refractivity contribution >= 4 is 12.1 Å². The molecule has 0 saturated heterocycles. The van der Waals surface area contributed by atoms with E-state index in [9.17, 15) is 9.90 Å². The van der Waals surface area contributed by atoms with Crippen molar-refractivity contribution in [3.8, 4) is 0 Å². The van der Waals surface area contributed by atoms with Gasteiger partial charge < -0.3 is 5.11 Å². The van der Waals surface area contributed by atoms with Crippen molar-refractivity contribution in [1.82, 2.24) is 5.43 Å². The van der Waals surface area contributed by atoms with Crippen LogP contribution in [0.4, 0.5) is 0 Å². The Morgan fingerprint density at radius 3 is 1.89 bits per heavy atom. The molecule has 2 N–H and O–H groups in total. The molecule has 0 rings (SSSR count). The van der Waals surface area contributed by atoms with Gasteiger partial charge in [-0.3, -0.25) is 4.79 Å². The van der Waals surface area contributed by atoms with Crippen molar-refractivity contribution in [3.63, 3.8) is 0 Å². The highest BCUT2D eigenvalue weighted by Gasteiger charge is 2.03. The molecule has 0 heterocycles. The number of carbonyl (C=O) groups is 1. The van der Waals surface area contributed by atoms with Gasteiger partial charge in [-0.1, -0.05) is 97.3 Å². The third kappa shape index (κ3) is 21.4. The topological polar surface area (TPSA) is 61.7 Å². The molecule has 1 amide bonds. The van der Waals surface area contributed by atoms with Gasteiger partial charge >= 0.3 is 0 Å². The van der Waals surface area contributed by atoms with E-state index >= 15 is 0 Å². The molecule has 0 aromatic rings. The molecule has 4 nitrogen and oxygen atoms in total. The van der Waals surface area contributed by atoms with Gasteiger partial charge in [0.2, 0.25) is 5.91 Å². The average molecular weight is 397 g/mol. The lowest BCUT2D eigenvalue weighted by atomic mass is 10.0. The molecule has 1 atom stereocenters. The van der Waals surface area contributed by atoms with Crippen LogP contribution in [0.5, 0.6) is 0 Å². The maximum absolute atomic E-state index is 11.6. The number of carbonyl (C=O) groups excluding carboxylic acids is 1. The summed E-state index contributed by atoms with van der Waals surface area (Å²) in [5.41, 5.74) is 2.62. The van der Waals surface area contributed by atoms with Crippen LogP contribution in [0.15, 0.2) is 5.10 Å². The Labute approximate surface area is 175 Å². The van der Waals surface area contributed by atoms with Crippen LogP contribution >= 0.6 is 0 Å². The van der Waals surface area contributed by atoms with E-state index in [1.54, 1.807) is 0 Å². The summed E-state index contributed by atoms with van der Waals surface area (Å²) in [4.78, 5) is 11.6. The molecule has 0 spiro atoms. The van der Waals surface area contributed by atoms with Crippen LogP contribution in [0.25, 0.3) is 0 Å². The van der Waals surface area contributed by atoms with Crippen LogP contribution in [-0.2, 0) is 4.79 Å². The number of hydrogen-bond donors (Lipinski definition) is 2. The Bertz CT molecular complexity index is 359. The molecule has 0 aliphatic carbocycles. The normalized spacial score (nSPS) is 12.5. The fourth-order valence-corrected chi connectivity index (χ4v) is 3.40. The molecule has 1 unspecified atom stereocenters. The third-order valence-corrected chi connectivity index (χ3v) is 5.30. The first-order valence-electron chi connectivity index (χ1n) is 12.2.